The lowest BCUT2D eigenvalue weighted by Gasteiger charge is -2.18. The Hall–Kier alpha value is -0.160. The van der Waals surface area contributed by atoms with E-state index in [0.29, 0.717) is 13.2 Å². The van der Waals surface area contributed by atoms with Crippen LogP contribution in [0.2, 0.25) is 0 Å². The lowest BCUT2D eigenvalue weighted by atomic mass is 10.2. The topological polar surface area (TPSA) is 36.9 Å². The van der Waals surface area contributed by atoms with Gasteiger partial charge in [-0.05, 0) is 32.6 Å². The lowest BCUT2D eigenvalue weighted by molar-refractivity contribution is -0.161. The van der Waals surface area contributed by atoms with Crippen LogP contribution in [0.5, 0.6) is 0 Å². The van der Waals surface area contributed by atoms with Gasteiger partial charge < -0.3 is 18.9 Å². The van der Waals surface area contributed by atoms with E-state index >= 15 is 0 Å². The molecule has 2 aliphatic rings. The molecule has 0 spiro atoms. The second-order valence-electron chi connectivity index (χ2n) is 4.50. The molecule has 0 radical (unpaired) electrons. The van der Waals surface area contributed by atoms with Gasteiger partial charge in [0.15, 0.2) is 6.29 Å². The van der Waals surface area contributed by atoms with Gasteiger partial charge in [0.05, 0.1) is 25.4 Å². The second kappa shape index (κ2) is 6.55. The van der Waals surface area contributed by atoms with Gasteiger partial charge in [-0.25, -0.2) is 0 Å². The normalized spacial score (nSPS) is 32.1. The molecule has 94 valence electrons. The van der Waals surface area contributed by atoms with E-state index in [4.69, 9.17) is 18.9 Å². The fourth-order valence-electron chi connectivity index (χ4n) is 2.09. The molecule has 2 unspecified atom stereocenters. The van der Waals surface area contributed by atoms with E-state index in [2.05, 4.69) is 0 Å². The molecule has 2 heterocycles. The summed E-state index contributed by atoms with van der Waals surface area (Å²) in [7, 11) is 0. The van der Waals surface area contributed by atoms with Crippen molar-refractivity contribution in [2.75, 3.05) is 26.4 Å². The zero-order valence-electron chi connectivity index (χ0n) is 10.0. The molecule has 0 amide bonds. The van der Waals surface area contributed by atoms with E-state index < -0.39 is 0 Å². The third-order valence-corrected chi connectivity index (χ3v) is 3.08. The Bertz CT molecular complexity index is 165. The minimum Gasteiger partial charge on any atom is -0.376 e. The molecule has 2 aliphatic heterocycles. The first-order valence-corrected chi connectivity index (χ1v) is 6.31. The van der Waals surface area contributed by atoms with Crippen LogP contribution in [0.3, 0.4) is 0 Å². The van der Waals surface area contributed by atoms with Gasteiger partial charge in [0.2, 0.25) is 0 Å². The third-order valence-electron chi connectivity index (χ3n) is 3.08. The molecule has 0 bridgehead atoms. The Morgan fingerprint density at radius 3 is 1.88 bits per heavy atom. The summed E-state index contributed by atoms with van der Waals surface area (Å²) < 4.78 is 22.1. The molecule has 4 heteroatoms. The first kappa shape index (κ1) is 12.3. The van der Waals surface area contributed by atoms with Gasteiger partial charge in [0.1, 0.15) is 0 Å². The smallest absolute Gasteiger partial charge is 0.155 e. The highest BCUT2D eigenvalue weighted by Gasteiger charge is 2.19. The van der Waals surface area contributed by atoms with Crippen LogP contribution in [0.25, 0.3) is 0 Å². The predicted octanol–water partition coefficient (Wildman–Crippen LogP) is 1.72. The van der Waals surface area contributed by atoms with Crippen LogP contribution in [0, 0.1) is 0 Å². The quantitative estimate of drug-likeness (QED) is 0.651. The summed E-state index contributed by atoms with van der Waals surface area (Å²) in [6.45, 7) is 4.97. The predicted molar refractivity (Wildman–Crippen MR) is 59.3 cm³/mol. The monoisotopic (exact) mass is 230 g/mol. The van der Waals surface area contributed by atoms with Crippen LogP contribution in [0.1, 0.15) is 32.6 Å². The highest BCUT2D eigenvalue weighted by Crippen LogP contribution is 2.15. The Kier molecular flexibility index (Phi) is 5.03. The van der Waals surface area contributed by atoms with Crippen molar-refractivity contribution in [3.05, 3.63) is 0 Å². The van der Waals surface area contributed by atoms with E-state index in [0.717, 1.165) is 38.9 Å². The maximum atomic E-state index is 5.58. The van der Waals surface area contributed by atoms with Crippen molar-refractivity contribution in [3.8, 4) is 0 Å². The number of hydrogen-bond donors (Lipinski definition) is 0. The van der Waals surface area contributed by atoms with Gasteiger partial charge in [-0.2, -0.15) is 0 Å². The maximum absolute atomic E-state index is 5.58. The summed E-state index contributed by atoms with van der Waals surface area (Å²) in [5.74, 6) is 0. The molecule has 2 fully saturated rings. The molecule has 0 aromatic heterocycles. The van der Waals surface area contributed by atoms with Gasteiger partial charge in [0.25, 0.3) is 0 Å². The second-order valence-corrected chi connectivity index (χ2v) is 4.50. The standard InChI is InChI=1S/C12H22O4/c1-10(15-8-11-4-2-6-13-11)16-9-12-5-3-7-14-12/h10-12H,2-9H2,1H3. The van der Waals surface area contributed by atoms with Gasteiger partial charge >= 0.3 is 0 Å². The molecule has 0 N–H and O–H groups in total. The van der Waals surface area contributed by atoms with Crippen molar-refractivity contribution in [2.45, 2.75) is 51.1 Å². The minimum atomic E-state index is -0.159. The maximum Gasteiger partial charge on any atom is 0.155 e. The Morgan fingerprint density at radius 2 is 1.50 bits per heavy atom. The summed E-state index contributed by atoms with van der Waals surface area (Å²) in [6.07, 6.45) is 4.91. The zero-order valence-corrected chi connectivity index (χ0v) is 10.0. The minimum absolute atomic E-state index is 0.159. The molecule has 0 aromatic carbocycles. The zero-order chi connectivity index (χ0) is 11.2. The van der Waals surface area contributed by atoms with Crippen LogP contribution in [-0.2, 0) is 18.9 Å². The molecule has 2 atom stereocenters. The van der Waals surface area contributed by atoms with Crippen LogP contribution < -0.4 is 0 Å². The van der Waals surface area contributed by atoms with Crippen molar-refractivity contribution in [2.24, 2.45) is 0 Å². The SMILES string of the molecule is CC(OCC1CCCO1)OCC1CCCO1. The molecular formula is C12H22O4. The van der Waals surface area contributed by atoms with Crippen molar-refractivity contribution >= 4 is 0 Å². The molecule has 16 heavy (non-hydrogen) atoms. The summed E-state index contributed by atoms with van der Waals surface area (Å²) in [6, 6.07) is 0. The van der Waals surface area contributed by atoms with Gasteiger partial charge in [-0.3, -0.25) is 0 Å². The van der Waals surface area contributed by atoms with Gasteiger partial charge in [-0.1, -0.05) is 0 Å². The molecule has 2 saturated heterocycles. The lowest BCUT2D eigenvalue weighted by Crippen LogP contribution is -2.24. The van der Waals surface area contributed by atoms with Crippen molar-refractivity contribution in [1.29, 1.82) is 0 Å². The molecule has 0 saturated carbocycles. The molecule has 0 aromatic rings. The Morgan fingerprint density at radius 1 is 1.00 bits per heavy atom. The van der Waals surface area contributed by atoms with Crippen molar-refractivity contribution in [3.63, 3.8) is 0 Å². The number of ether oxygens (including phenoxy) is 4. The summed E-state index contributed by atoms with van der Waals surface area (Å²) >= 11 is 0. The van der Waals surface area contributed by atoms with E-state index in [1.165, 1.54) is 0 Å². The van der Waals surface area contributed by atoms with E-state index in [1.54, 1.807) is 0 Å². The van der Waals surface area contributed by atoms with E-state index in [9.17, 15) is 0 Å². The average Bonchev–Trinajstić information content (AvgIpc) is 2.96. The fraction of sp³-hybridized carbons (Fsp3) is 1.00. The van der Waals surface area contributed by atoms with Crippen molar-refractivity contribution < 1.29 is 18.9 Å². The molecular weight excluding hydrogens is 208 g/mol. The van der Waals surface area contributed by atoms with Gasteiger partial charge in [0, 0.05) is 13.2 Å². The number of hydrogen-bond acceptors (Lipinski definition) is 4. The van der Waals surface area contributed by atoms with E-state index in [1.807, 2.05) is 6.92 Å². The van der Waals surface area contributed by atoms with Crippen LogP contribution in [-0.4, -0.2) is 44.9 Å². The van der Waals surface area contributed by atoms with Crippen LogP contribution in [0.4, 0.5) is 0 Å². The van der Waals surface area contributed by atoms with Crippen LogP contribution >= 0.6 is 0 Å². The first-order chi connectivity index (χ1) is 7.84. The van der Waals surface area contributed by atoms with Crippen molar-refractivity contribution in [1.82, 2.24) is 0 Å². The summed E-state index contributed by atoms with van der Waals surface area (Å²) in [5.41, 5.74) is 0. The molecule has 2 rings (SSSR count). The Balaban J connectivity index is 1.51. The first-order valence-electron chi connectivity index (χ1n) is 6.31. The highest BCUT2D eigenvalue weighted by atomic mass is 16.7. The van der Waals surface area contributed by atoms with Crippen LogP contribution in [0.15, 0.2) is 0 Å². The average molecular weight is 230 g/mol. The Labute approximate surface area is 97.2 Å². The van der Waals surface area contributed by atoms with E-state index in [-0.39, 0.29) is 18.5 Å². The third kappa shape index (κ3) is 4.01. The molecule has 4 nitrogen and oxygen atoms in total. The highest BCUT2D eigenvalue weighted by molar-refractivity contribution is 4.65. The fourth-order valence-corrected chi connectivity index (χ4v) is 2.09. The van der Waals surface area contributed by atoms with Gasteiger partial charge in [-0.15, -0.1) is 0 Å². The summed E-state index contributed by atoms with van der Waals surface area (Å²) in [5, 5.41) is 0. The largest absolute Gasteiger partial charge is 0.376 e. The molecule has 0 aliphatic carbocycles. The summed E-state index contributed by atoms with van der Waals surface area (Å²) in [4.78, 5) is 0. The number of rotatable bonds is 6.